The highest BCUT2D eigenvalue weighted by molar-refractivity contribution is 5.99. The molecule has 0 radical (unpaired) electrons. The molecule has 0 saturated heterocycles. The molecule has 3 N–H and O–H groups in total. The summed E-state index contributed by atoms with van der Waals surface area (Å²) >= 11 is 0. The monoisotopic (exact) mass is 505 g/mol. The van der Waals surface area contributed by atoms with Crippen molar-refractivity contribution < 1.29 is 4.79 Å². The Kier molecular flexibility index (Phi) is 5.91. The summed E-state index contributed by atoms with van der Waals surface area (Å²) in [6.07, 6.45) is 11.9. The number of amides is 1. The molecule has 0 unspecified atom stereocenters. The molecule has 1 aliphatic rings. The summed E-state index contributed by atoms with van der Waals surface area (Å²) in [5, 5.41) is 12.4. The van der Waals surface area contributed by atoms with E-state index in [0.717, 1.165) is 69.6 Å². The van der Waals surface area contributed by atoms with Crippen molar-refractivity contribution in [2.24, 2.45) is 10.9 Å². The van der Waals surface area contributed by atoms with Gasteiger partial charge >= 0.3 is 0 Å². The molecule has 1 amide bonds. The third-order valence-electron chi connectivity index (χ3n) is 6.98. The van der Waals surface area contributed by atoms with Gasteiger partial charge in [-0.1, -0.05) is 6.42 Å². The van der Waals surface area contributed by atoms with E-state index in [9.17, 15) is 4.79 Å². The fourth-order valence-electron chi connectivity index (χ4n) is 4.68. The fraction of sp³-hybridized carbons (Fsp3) is 0.214. The lowest BCUT2D eigenvalue weighted by molar-refractivity contribution is -0.122. The van der Waals surface area contributed by atoms with E-state index < -0.39 is 0 Å². The number of rotatable bonds is 7. The SMILES string of the molecule is C=N/C(C)=C\N(C)c1nccc2[nH]c(-c3n[nH]c4ncc(-c5cncc(NC(=O)C6CCC6)c5)cc34)cc12. The molecule has 5 aromatic rings. The fourth-order valence-corrected chi connectivity index (χ4v) is 4.68. The van der Waals surface area contributed by atoms with Gasteiger partial charge in [0, 0.05) is 59.7 Å². The number of aromatic amines is 2. The summed E-state index contributed by atoms with van der Waals surface area (Å²) in [6, 6.07) is 7.94. The molecule has 0 aliphatic heterocycles. The first-order chi connectivity index (χ1) is 18.5. The molecule has 38 heavy (non-hydrogen) atoms. The Morgan fingerprint density at radius 1 is 1.16 bits per heavy atom. The van der Waals surface area contributed by atoms with Gasteiger partial charge in [0.25, 0.3) is 0 Å². The number of hydrogen-bond donors (Lipinski definition) is 3. The molecule has 190 valence electrons. The second kappa shape index (κ2) is 9.55. The van der Waals surface area contributed by atoms with E-state index in [1.165, 1.54) is 0 Å². The zero-order chi connectivity index (χ0) is 26.2. The highest BCUT2D eigenvalue weighted by atomic mass is 16.1. The number of anilines is 2. The van der Waals surface area contributed by atoms with E-state index in [1.807, 2.05) is 49.3 Å². The van der Waals surface area contributed by atoms with Gasteiger partial charge in [-0.05, 0) is 50.7 Å². The Morgan fingerprint density at radius 2 is 2.00 bits per heavy atom. The van der Waals surface area contributed by atoms with Crippen LogP contribution in [0.25, 0.3) is 44.5 Å². The number of allylic oxidation sites excluding steroid dienone is 1. The molecule has 5 heterocycles. The van der Waals surface area contributed by atoms with Gasteiger partial charge in [0.2, 0.25) is 5.91 Å². The van der Waals surface area contributed by atoms with Gasteiger partial charge in [0.05, 0.1) is 28.8 Å². The van der Waals surface area contributed by atoms with Crippen LogP contribution in [-0.2, 0) is 4.79 Å². The van der Waals surface area contributed by atoms with Gasteiger partial charge in [-0.25, -0.2) is 9.97 Å². The Morgan fingerprint density at radius 3 is 2.79 bits per heavy atom. The molecule has 0 aromatic carbocycles. The minimum absolute atomic E-state index is 0.0608. The zero-order valence-electron chi connectivity index (χ0n) is 21.2. The average molecular weight is 506 g/mol. The van der Waals surface area contributed by atoms with Gasteiger partial charge in [-0.3, -0.25) is 19.9 Å². The van der Waals surface area contributed by atoms with Crippen LogP contribution in [0.2, 0.25) is 0 Å². The predicted octanol–water partition coefficient (Wildman–Crippen LogP) is 5.30. The molecule has 0 spiro atoms. The molecule has 5 aromatic heterocycles. The van der Waals surface area contributed by atoms with E-state index in [-0.39, 0.29) is 11.8 Å². The van der Waals surface area contributed by atoms with Crippen molar-refractivity contribution in [3.05, 3.63) is 60.9 Å². The number of nitrogens with zero attached hydrogens (tertiary/aromatic N) is 6. The van der Waals surface area contributed by atoms with E-state index >= 15 is 0 Å². The third kappa shape index (κ3) is 4.30. The molecular formula is C28H27N9O. The quantitative estimate of drug-likeness (QED) is 0.258. The minimum atomic E-state index is 0.0608. The molecule has 1 saturated carbocycles. The lowest BCUT2D eigenvalue weighted by Crippen LogP contribution is -2.28. The smallest absolute Gasteiger partial charge is 0.227 e. The van der Waals surface area contributed by atoms with Gasteiger partial charge < -0.3 is 15.2 Å². The summed E-state index contributed by atoms with van der Waals surface area (Å²) < 4.78 is 0. The summed E-state index contributed by atoms with van der Waals surface area (Å²) in [4.78, 5) is 35.3. The maximum atomic E-state index is 12.4. The number of hydrogen-bond acceptors (Lipinski definition) is 7. The maximum Gasteiger partial charge on any atom is 0.227 e. The van der Waals surface area contributed by atoms with Crippen LogP contribution in [-0.4, -0.2) is 49.8 Å². The molecule has 10 nitrogen and oxygen atoms in total. The third-order valence-corrected chi connectivity index (χ3v) is 6.98. The lowest BCUT2D eigenvalue weighted by Gasteiger charge is -2.24. The normalized spacial score (nSPS) is 14.0. The second-order valence-electron chi connectivity index (χ2n) is 9.59. The van der Waals surface area contributed by atoms with E-state index in [2.05, 4.69) is 47.2 Å². The molecular weight excluding hydrogens is 478 g/mol. The van der Waals surface area contributed by atoms with E-state index in [4.69, 9.17) is 0 Å². The van der Waals surface area contributed by atoms with Crippen molar-refractivity contribution in [3.63, 3.8) is 0 Å². The van der Waals surface area contributed by atoms with Crippen LogP contribution in [0.5, 0.6) is 0 Å². The van der Waals surface area contributed by atoms with Gasteiger partial charge in [0.1, 0.15) is 11.5 Å². The van der Waals surface area contributed by atoms with Crippen molar-refractivity contribution in [1.29, 1.82) is 0 Å². The van der Waals surface area contributed by atoms with Crippen LogP contribution in [0.1, 0.15) is 26.2 Å². The first-order valence-corrected chi connectivity index (χ1v) is 12.5. The van der Waals surface area contributed by atoms with Gasteiger partial charge in [-0.2, -0.15) is 5.10 Å². The molecule has 0 bridgehead atoms. The Balaban J connectivity index is 1.36. The van der Waals surface area contributed by atoms with Crippen LogP contribution >= 0.6 is 0 Å². The highest BCUT2D eigenvalue weighted by Crippen LogP contribution is 2.34. The summed E-state index contributed by atoms with van der Waals surface area (Å²) in [5.74, 6) is 0.958. The standard InChI is InChI=1S/C28H27N9O/c1-16(29-2)15-37(3)27-21-11-24(34-23(21)7-8-31-27)25-22-10-19(13-32-26(22)36-35-25)18-9-20(14-30-12-18)33-28(38)17-5-4-6-17/h7-15,17,34H,2,4-6H2,1,3H3,(H,33,38)(H,32,35,36)/b16-15-. The number of fused-ring (bicyclic) bond motifs is 2. The van der Waals surface area contributed by atoms with Gasteiger partial charge in [-0.15, -0.1) is 0 Å². The molecule has 0 atom stereocenters. The summed E-state index contributed by atoms with van der Waals surface area (Å²) in [5.41, 5.74) is 6.42. The Labute approximate surface area is 218 Å². The lowest BCUT2D eigenvalue weighted by atomic mass is 9.85. The predicted molar refractivity (Wildman–Crippen MR) is 150 cm³/mol. The Bertz CT molecular complexity index is 1710. The minimum Gasteiger partial charge on any atom is -0.353 e. The van der Waals surface area contributed by atoms with Crippen molar-refractivity contribution in [2.45, 2.75) is 26.2 Å². The second-order valence-corrected chi connectivity index (χ2v) is 9.59. The number of H-pyrrole nitrogens is 2. The molecule has 10 heteroatoms. The number of aliphatic imine (C=N–C) groups is 1. The van der Waals surface area contributed by atoms with Crippen molar-refractivity contribution >= 4 is 46.1 Å². The molecule has 1 fully saturated rings. The number of carbonyl (C=O) groups is 1. The van der Waals surface area contributed by atoms with Crippen LogP contribution < -0.4 is 10.2 Å². The number of carbonyl (C=O) groups excluding carboxylic acids is 1. The van der Waals surface area contributed by atoms with Crippen molar-refractivity contribution in [2.75, 3.05) is 17.3 Å². The van der Waals surface area contributed by atoms with Crippen molar-refractivity contribution in [3.8, 4) is 22.5 Å². The number of pyridine rings is 3. The number of aromatic nitrogens is 6. The van der Waals surface area contributed by atoms with Crippen LogP contribution in [0.15, 0.2) is 65.9 Å². The Hall–Kier alpha value is -4.86. The summed E-state index contributed by atoms with van der Waals surface area (Å²) in [7, 11) is 1.93. The highest BCUT2D eigenvalue weighted by Gasteiger charge is 2.25. The van der Waals surface area contributed by atoms with Crippen LogP contribution in [0, 0.1) is 5.92 Å². The van der Waals surface area contributed by atoms with Crippen LogP contribution in [0.3, 0.4) is 0 Å². The average Bonchev–Trinajstić information content (AvgIpc) is 3.51. The van der Waals surface area contributed by atoms with Gasteiger partial charge in [0.15, 0.2) is 5.65 Å². The maximum absolute atomic E-state index is 12.4. The zero-order valence-corrected chi connectivity index (χ0v) is 21.2. The van der Waals surface area contributed by atoms with Crippen molar-refractivity contribution in [1.82, 2.24) is 30.1 Å². The van der Waals surface area contributed by atoms with Crippen LogP contribution in [0.4, 0.5) is 11.5 Å². The van der Waals surface area contributed by atoms with E-state index in [1.54, 1.807) is 24.8 Å². The largest absolute Gasteiger partial charge is 0.353 e. The van der Waals surface area contributed by atoms with E-state index in [0.29, 0.717) is 11.3 Å². The topological polar surface area (TPSA) is 128 Å². The molecule has 1 aliphatic carbocycles. The first kappa shape index (κ1) is 23.5. The number of nitrogens with one attached hydrogen (secondary N) is 3. The summed E-state index contributed by atoms with van der Waals surface area (Å²) in [6.45, 7) is 5.47. The first-order valence-electron chi connectivity index (χ1n) is 12.5. The molecule has 6 rings (SSSR count).